The number of hydrogen-bond donors (Lipinski definition) is 1. The van der Waals surface area contributed by atoms with Crippen LogP contribution in [0.15, 0.2) is 46.1 Å². The molecular formula is C18H26IN5O4S. The minimum Gasteiger partial charge on any atom is -0.496 e. The minimum atomic E-state index is -3.42. The average Bonchev–Trinajstić information content (AvgIpc) is 3.21. The number of nitrogens with one attached hydrogen (secondary N) is 1. The number of aromatic nitrogens is 1. The normalized spacial score (nSPS) is 15.7. The van der Waals surface area contributed by atoms with Crippen LogP contribution in [0.5, 0.6) is 5.75 Å². The molecule has 1 fully saturated rings. The van der Waals surface area contributed by atoms with Gasteiger partial charge in [-0.1, -0.05) is 23.4 Å². The molecule has 0 atom stereocenters. The van der Waals surface area contributed by atoms with Crippen LogP contribution in [0, 0.1) is 0 Å². The quantitative estimate of drug-likeness (QED) is 0.340. The molecular weight excluding hydrogens is 509 g/mol. The SMILES string of the molecule is CN=C(NCc1ccccc1OC)N1CCN(S(=O)(=O)Cc2ccon2)CC1.I. The van der Waals surface area contributed by atoms with Crippen molar-refractivity contribution < 1.29 is 17.7 Å². The lowest BCUT2D eigenvalue weighted by Crippen LogP contribution is -2.53. The Hall–Kier alpha value is -1.86. The van der Waals surface area contributed by atoms with E-state index < -0.39 is 10.0 Å². The van der Waals surface area contributed by atoms with Gasteiger partial charge in [0.25, 0.3) is 0 Å². The largest absolute Gasteiger partial charge is 0.496 e. The van der Waals surface area contributed by atoms with Gasteiger partial charge in [0.1, 0.15) is 17.8 Å². The summed E-state index contributed by atoms with van der Waals surface area (Å²) in [6.07, 6.45) is 1.38. The van der Waals surface area contributed by atoms with Crippen molar-refractivity contribution >= 4 is 40.0 Å². The van der Waals surface area contributed by atoms with Gasteiger partial charge in [0.15, 0.2) is 5.96 Å². The van der Waals surface area contributed by atoms with E-state index in [2.05, 4.69) is 20.4 Å². The predicted octanol–water partition coefficient (Wildman–Crippen LogP) is 1.52. The van der Waals surface area contributed by atoms with E-state index in [9.17, 15) is 8.42 Å². The minimum absolute atomic E-state index is 0. The Morgan fingerprint density at radius 1 is 1.24 bits per heavy atom. The molecule has 1 aromatic carbocycles. The van der Waals surface area contributed by atoms with E-state index in [0.717, 1.165) is 17.3 Å². The topological polar surface area (TPSA) is 100 Å². The van der Waals surface area contributed by atoms with Crippen molar-refractivity contribution in [1.29, 1.82) is 0 Å². The Bertz CT molecular complexity index is 897. The molecule has 1 N–H and O–H groups in total. The smallest absolute Gasteiger partial charge is 0.220 e. The zero-order valence-corrected chi connectivity index (χ0v) is 19.6. The zero-order valence-electron chi connectivity index (χ0n) is 16.4. The van der Waals surface area contributed by atoms with Gasteiger partial charge >= 0.3 is 0 Å². The second-order valence-corrected chi connectivity index (χ2v) is 8.31. The molecule has 2 aromatic rings. The molecule has 0 amide bonds. The molecule has 0 unspecified atom stereocenters. The van der Waals surface area contributed by atoms with E-state index in [-0.39, 0.29) is 29.7 Å². The van der Waals surface area contributed by atoms with Crippen LogP contribution in [0.1, 0.15) is 11.3 Å². The number of sulfonamides is 1. The molecule has 0 aliphatic carbocycles. The zero-order chi connectivity index (χ0) is 20.0. The molecule has 0 radical (unpaired) electrons. The fourth-order valence-electron chi connectivity index (χ4n) is 3.12. The Morgan fingerprint density at radius 3 is 2.59 bits per heavy atom. The van der Waals surface area contributed by atoms with Gasteiger partial charge in [-0.25, -0.2) is 8.42 Å². The van der Waals surface area contributed by atoms with E-state index in [1.165, 1.54) is 10.6 Å². The number of piperazine rings is 1. The number of guanidine groups is 1. The number of aliphatic imine (C=N–C) groups is 1. The number of para-hydroxylation sites is 1. The van der Waals surface area contributed by atoms with Crippen LogP contribution in [-0.4, -0.2) is 69.1 Å². The van der Waals surface area contributed by atoms with Crippen LogP contribution in [0.25, 0.3) is 0 Å². The fourth-order valence-corrected chi connectivity index (χ4v) is 4.55. The van der Waals surface area contributed by atoms with Gasteiger partial charge in [-0.3, -0.25) is 4.99 Å². The van der Waals surface area contributed by atoms with E-state index in [0.29, 0.717) is 38.4 Å². The standard InChI is InChI=1S/C18H25N5O4S.HI/c1-19-18(20-13-15-5-3-4-6-17(15)26-2)22-8-10-23(11-9-22)28(24,25)14-16-7-12-27-21-16;/h3-7,12H,8-11,13-14H2,1-2H3,(H,19,20);1H. The lowest BCUT2D eigenvalue weighted by molar-refractivity contribution is 0.259. The van der Waals surface area contributed by atoms with Gasteiger partial charge in [-0.2, -0.15) is 4.31 Å². The number of nitrogens with zero attached hydrogens (tertiary/aromatic N) is 4. The second-order valence-electron chi connectivity index (χ2n) is 6.35. The molecule has 160 valence electrons. The highest BCUT2D eigenvalue weighted by molar-refractivity contribution is 14.0. The fraction of sp³-hybridized carbons (Fsp3) is 0.444. The van der Waals surface area contributed by atoms with Crippen molar-refractivity contribution in [2.75, 3.05) is 40.3 Å². The highest BCUT2D eigenvalue weighted by atomic mass is 127. The third kappa shape index (κ3) is 6.06. The Morgan fingerprint density at radius 2 is 1.97 bits per heavy atom. The first kappa shape index (κ1) is 23.4. The maximum absolute atomic E-state index is 12.5. The Labute approximate surface area is 188 Å². The molecule has 0 bridgehead atoms. The van der Waals surface area contributed by atoms with Crippen LogP contribution in [0.4, 0.5) is 0 Å². The lowest BCUT2D eigenvalue weighted by Gasteiger charge is -2.35. The van der Waals surface area contributed by atoms with Gasteiger partial charge < -0.3 is 19.5 Å². The molecule has 1 aliphatic rings. The first-order valence-electron chi connectivity index (χ1n) is 8.98. The molecule has 1 aromatic heterocycles. The molecule has 3 rings (SSSR count). The van der Waals surface area contributed by atoms with Gasteiger partial charge in [0.2, 0.25) is 10.0 Å². The summed E-state index contributed by atoms with van der Waals surface area (Å²) < 4.78 is 36.7. The summed E-state index contributed by atoms with van der Waals surface area (Å²) >= 11 is 0. The number of hydrogen-bond acceptors (Lipinski definition) is 6. The van der Waals surface area contributed by atoms with Crippen molar-refractivity contribution in [3.05, 3.63) is 47.9 Å². The first-order valence-corrected chi connectivity index (χ1v) is 10.6. The molecule has 1 aliphatic heterocycles. The summed E-state index contributed by atoms with van der Waals surface area (Å²) in [6.45, 7) is 2.49. The van der Waals surface area contributed by atoms with Crippen molar-refractivity contribution in [3.63, 3.8) is 0 Å². The van der Waals surface area contributed by atoms with Gasteiger partial charge in [-0.15, -0.1) is 24.0 Å². The maximum atomic E-state index is 12.5. The third-order valence-corrected chi connectivity index (χ3v) is 6.41. The molecule has 29 heavy (non-hydrogen) atoms. The molecule has 11 heteroatoms. The van der Waals surface area contributed by atoms with Crippen LogP contribution in [0.3, 0.4) is 0 Å². The monoisotopic (exact) mass is 535 g/mol. The summed E-state index contributed by atoms with van der Waals surface area (Å²) in [7, 11) is -0.0534. The van der Waals surface area contributed by atoms with Crippen LogP contribution in [-0.2, 0) is 22.3 Å². The van der Waals surface area contributed by atoms with Crippen LogP contribution >= 0.6 is 24.0 Å². The highest BCUT2D eigenvalue weighted by Gasteiger charge is 2.29. The van der Waals surface area contributed by atoms with Crippen molar-refractivity contribution in [2.45, 2.75) is 12.3 Å². The van der Waals surface area contributed by atoms with Crippen LogP contribution in [0.2, 0.25) is 0 Å². The number of ether oxygens (including phenoxy) is 1. The van der Waals surface area contributed by atoms with Crippen LogP contribution < -0.4 is 10.1 Å². The summed E-state index contributed by atoms with van der Waals surface area (Å²) in [5.41, 5.74) is 1.44. The van der Waals surface area contributed by atoms with E-state index in [1.807, 2.05) is 24.3 Å². The molecule has 1 saturated heterocycles. The average molecular weight is 535 g/mol. The van der Waals surface area contributed by atoms with Crippen molar-refractivity contribution in [1.82, 2.24) is 19.7 Å². The number of halogens is 1. The van der Waals surface area contributed by atoms with Gasteiger partial charge in [-0.05, 0) is 6.07 Å². The van der Waals surface area contributed by atoms with E-state index in [1.54, 1.807) is 20.2 Å². The number of rotatable bonds is 6. The Balaban J connectivity index is 0.00000300. The van der Waals surface area contributed by atoms with Gasteiger partial charge in [0, 0.05) is 51.4 Å². The second kappa shape index (κ2) is 10.8. The maximum Gasteiger partial charge on any atom is 0.220 e. The summed E-state index contributed by atoms with van der Waals surface area (Å²) in [6, 6.07) is 9.36. The summed E-state index contributed by atoms with van der Waals surface area (Å²) in [5.74, 6) is 1.40. The van der Waals surface area contributed by atoms with Crippen molar-refractivity contribution in [3.8, 4) is 5.75 Å². The molecule has 2 heterocycles. The lowest BCUT2D eigenvalue weighted by atomic mass is 10.2. The summed E-state index contributed by atoms with van der Waals surface area (Å²) in [4.78, 5) is 6.38. The molecule has 9 nitrogen and oxygen atoms in total. The molecule has 0 saturated carbocycles. The van der Waals surface area contributed by atoms with E-state index >= 15 is 0 Å². The molecule has 0 spiro atoms. The van der Waals surface area contributed by atoms with Crippen molar-refractivity contribution in [2.24, 2.45) is 4.99 Å². The summed E-state index contributed by atoms with van der Waals surface area (Å²) in [5, 5.41) is 7.01. The Kier molecular flexibility index (Phi) is 8.71. The number of methoxy groups -OCH3 is 1. The highest BCUT2D eigenvalue weighted by Crippen LogP contribution is 2.17. The first-order chi connectivity index (χ1) is 13.5. The van der Waals surface area contributed by atoms with Gasteiger partial charge in [0.05, 0.1) is 12.8 Å². The predicted molar refractivity (Wildman–Crippen MR) is 121 cm³/mol. The number of benzene rings is 1. The third-order valence-electron chi connectivity index (χ3n) is 4.59. The van der Waals surface area contributed by atoms with E-state index in [4.69, 9.17) is 9.26 Å².